The number of carbonyl (C=O) groups is 2. The van der Waals surface area contributed by atoms with Crippen LogP contribution in [0.25, 0.3) is 0 Å². The lowest BCUT2D eigenvalue weighted by Crippen LogP contribution is -2.27. The van der Waals surface area contributed by atoms with E-state index in [2.05, 4.69) is 12.2 Å². The molecule has 0 aromatic rings. The number of allylic oxidation sites excluding steroid dienone is 2. The summed E-state index contributed by atoms with van der Waals surface area (Å²) in [5, 5.41) is 9.00. The molecule has 0 aliphatic heterocycles. The quantitative estimate of drug-likeness (QED) is 0.647. The van der Waals surface area contributed by atoms with Crippen molar-refractivity contribution in [3.63, 3.8) is 0 Å². The van der Waals surface area contributed by atoms with E-state index in [1.807, 2.05) is 0 Å². The third-order valence-corrected chi connectivity index (χ3v) is 4.98. The van der Waals surface area contributed by atoms with Crippen LogP contribution in [0.5, 0.6) is 0 Å². The van der Waals surface area contributed by atoms with Gasteiger partial charge in [-0.2, -0.15) is 0 Å². The second-order valence-electron chi connectivity index (χ2n) is 5.42. The summed E-state index contributed by atoms with van der Waals surface area (Å²) in [4.78, 5) is 23.0. The van der Waals surface area contributed by atoms with Crippen LogP contribution < -0.4 is 0 Å². The summed E-state index contributed by atoms with van der Waals surface area (Å²) in [7, 11) is 0. The van der Waals surface area contributed by atoms with Gasteiger partial charge < -0.3 is 5.11 Å². The molecule has 0 radical (unpaired) electrons. The summed E-state index contributed by atoms with van der Waals surface area (Å²) < 4.78 is 0. The first-order chi connectivity index (χ1) is 7.20. The smallest absolute Gasteiger partial charge is 0.307 e. The van der Waals surface area contributed by atoms with Crippen LogP contribution in [0.3, 0.4) is 0 Å². The van der Waals surface area contributed by atoms with Crippen molar-refractivity contribution < 1.29 is 14.7 Å². The van der Waals surface area contributed by atoms with E-state index in [0.29, 0.717) is 17.8 Å². The normalized spacial score (nSPS) is 58.1. The van der Waals surface area contributed by atoms with Gasteiger partial charge in [0.05, 0.1) is 5.92 Å². The van der Waals surface area contributed by atoms with Gasteiger partial charge in [-0.15, -0.1) is 0 Å². The molecule has 4 rings (SSSR count). The molecule has 0 amide bonds. The van der Waals surface area contributed by atoms with Crippen molar-refractivity contribution >= 4 is 11.8 Å². The number of hydrogen-bond acceptors (Lipinski definition) is 2. The Morgan fingerprint density at radius 3 is 2.67 bits per heavy atom. The Kier molecular flexibility index (Phi) is 1.17. The van der Waals surface area contributed by atoms with E-state index in [1.165, 1.54) is 0 Å². The van der Waals surface area contributed by atoms with Gasteiger partial charge in [0.15, 0.2) is 0 Å². The average molecular weight is 204 g/mol. The molecule has 7 atom stereocenters. The molecule has 0 spiro atoms. The third kappa shape index (κ3) is 0.724. The van der Waals surface area contributed by atoms with E-state index in [4.69, 9.17) is 5.11 Å². The number of hydrogen-bond donors (Lipinski definition) is 1. The summed E-state index contributed by atoms with van der Waals surface area (Å²) in [5.74, 6) is 0.717. The number of fused-ring (bicyclic) bond motifs is 7. The number of aliphatic carboxylic acids is 1. The van der Waals surface area contributed by atoms with Crippen LogP contribution in [0.2, 0.25) is 0 Å². The van der Waals surface area contributed by atoms with Crippen LogP contribution in [0.15, 0.2) is 12.2 Å². The summed E-state index contributed by atoms with van der Waals surface area (Å²) >= 11 is 0. The summed E-state index contributed by atoms with van der Waals surface area (Å²) in [5.41, 5.74) is 0. The maximum absolute atomic E-state index is 12.0. The van der Waals surface area contributed by atoms with Gasteiger partial charge in [0.25, 0.3) is 0 Å². The molecule has 0 heterocycles. The molecule has 0 aromatic heterocycles. The second-order valence-corrected chi connectivity index (χ2v) is 5.42. The highest BCUT2D eigenvalue weighted by Gasteiger charge is 2.74. The molecule has 0 unspecified atom stereocenters. The van der Waals surface area contributed by atoms with Crippen molar-refractivity contribution in [2.75, 3.05) is 0 Å². The van der Waals surface area contributed by atoms with Gasteiger partial charge in [0.2, 0.25) is 0 Å². The molecule has 78 valence electrons. The van der Waals surface area contributed by atoms with Gasteiger partial charge in [-0.1, -0.05) is 12.2 Å². The lowest BCUT2D eigenvalue weighted by Gasteiger charge is -2.22. The Labute approximate surface area is 87.2 Å². The number of Topliss-reactive ketones (excluding diaryl/α,β-unsaturated/α-hetero) is 1. The molecule has 2 bridgehead atoms. The molecule has 0 aromatic carbocycles. The minimum Gasteiger partial charge on any atom is -0.481 e. The summed E-state index contributed by atoms with van der Waals surface area (Å²) in [6, 6.07) is 0. The highest BCUT2D eigenvalue weighted by molar-refractivity contribution is 5.97. The number of carboxylic acids is 1. The number of ketones is 1. The van der Waals surface area contributed by atoms with Crippen molar-refractivity contribution in [1.29, 1.82) is 0 Å². The zero-order chi connectivity index (χ0) is 10.3. The zero-order valence-electron chi connectivity index (χ0n) is 8.17. The minimum atomic E-state index is -0.761. The van der Waals surface area contributed by atoms with Gasteiger partial charge in [-0.05, 0) is 30.1 Å². The van der Waals surface area contributed by atoms with Crippen molar-refractivity contribution in [2.45, 2.75) is 6.42 Å². The molecule has 3 nitrogen and oxygen atoms in total. The molecule has 4 aliphatic carbocycles. The Morgan fingerprint density at radius 2 is 1.93 bits per heavy atom. The Balaban J connectivity index is 1.74. The van der Waals surface area contributed by atoms with E-state index >= 15 is 0 Å². The molecule has 15 heavy (non-hydrogen) atoms. The van der Waals surface area contributed by atoms with E-state index in [1.54, 1.807) is 0 Å². The number of carbonyl (C=O) groups excluding carboxylic acids is 1. The number of rotatable bonds is 1. The molecule has 4 aliphatic rings. The predicted molar refractivity (Wildman–Crippen MR) is 50.8 cm³/mol. The average Bonchev–Trinajstić information content (AvgIpc) is 2.54. The molecular weight excluding hydrogens is 192 g/mol. The largest absolute Gasteiger partial charge is 0.481 e. The maximum atomic E-state index is 12.0. The predicted octanol–water partition coefficient (Wildman–Crippen LogP) is 0.954. The van der Waals surface area contributed by atoms with Gasteiger partial charge in [0, 0.05) is 11.8 Å². The number of carboxylic acid groups (broad SMARTS) is 1. The Hall–Kier alpha value is -1.12. The van der Waals surface area contributed by atoms with Crippen LogP contribution in [-0.4, -0.2) is 16.9 Å². The molecular formula is C12H12O3. The molecule has 0 saturated heterocycles. The second kappa shape index (κ2) is 2.18. The van der Waals surface area contributed by atoms with E-state index in [9.17, 15) is 9.59 Å². The first-order valence-corrected chi connectivity index (χ1v) is 5.65. The first-order valence-electron chi connectivity index (χ1n) is 5.65. The SMILES string of the molecule is O=C(O)[C@H]1[C@@H]2C(=O)[C@@H]3[C@H]([C@H]12)[C@@H]1C=C[C@@H]3C1. The fraction of sp³-hybridized carbons (Fsp3) is 0.667. The maximum Gasteiger partial charge on any atom is 0.307 e. The van der Waals surface area contributed by atoms with Crippen molar-refractivity contribution in [2.24, 2.45) is 41.4 Å². The minimum absolute atomic E-state index is 0.123. The lowest BCUT2D eigenvalue weighted by atomic mass is 9.80. The Morgan fingerprint density at radius 1 is 1.20 bits per heavy atom. The molecule has 1 N–H and O–H groups in total. The fourth-order valence-electron chi connectivity index (χ4n) is 4.51. The summed E-state index contributed by atoms with van der Waals surface area (Å²) in [6.45, 7) is 0. The van der Waals surface area contributed by atoms with E-state index in [-0.39, 0.29) is 29.5 Å². The van der Waals surface area contributed by atoms with Gasteiger partial charge in [0.1, 0.15) is 5.78 Å². The standard InChI is InChI=1S/C12H12O3/c13-11-7-5-2-1-4(3-5)6(7)8-9(11)10(8)12(14)15/h1-2,4-10H,3H2,(H,14,15)/t4-,5-,6-,7+,8+,9-,10-/m1/s1. The first kappa shape index (κ1) is 8.08. The van der Waals surface area contributed by atoms with Crippen LogP contribution in [0.1, 0.15) is 6.42 Å². The Bertz CT molecular complexity index is 411. The zero-order valence-corrected chi connectivity index (χ0v) is 8.17. The topological polar surface area (TPSA) is 54.4 Å². The van der Waals surface area contributed by atoms with Crippen molar-refractivity contribution in [3.8, 4) is 0 Å². The van der Waals surface area contributed by atoms with E-state index in [0.717, 1.165) is 6.42 Å². The highest BCUT2D eigenvalue weighted by atomic mass is 16.4. The third-order valence-electron chi connectivity index (χ3n) is 4.98. The lowest BCUT2D eigenvalue weighted by molar-refractivity contribution is -0.141. The molecule has 3 saturated carbocycles. The summed E-state index contributed by atoms with van der Waals surface area (Å²) in [6.07, 6.45) is 5.47. The van der Waals surface area contributed by atoms with Crippen molar-refractivity contribution in [3.05, 3.63) is 12.2 Å². The van der Waals surface area contributed by atoms with E-state index < -0.39 is 5.97 Å². The fourth-order valence-corrected chi connectivity index (χ4v) is 4.51. The molecule has 3 fully saturated rings. The van der Waals surface area contributed by atoms with Crippen LogP contribution in [0.4, 0.5) is 0 Å². The van der Waals surface area contributed by atoms with Crippen LogP contribution in [-0.2, 0) is 9.59 Å². The monoisotopic (exact) mass is 204 g/mol. The van der Waals surface area contributed by atoms with Crippen molar-refractivity contribution in [1.82, 2.24) is 0 Å². The van der Waals surface area contributed by atoms with Crippen LogP contribution >= 0.6 is 0 Å². The van der Waals surface area contributed by atoms with Crippen LogP contribution in [0, 0.1) is 41.4 Å². The highest BCUT2D eigenvalue weighted by Crippen LogP contribution is 2.69. The molecule has 3 heteroatoms. The van der Waals surface area contributed by atoms with Gasteiger partial charge in [-0.3, -0.25) is 9.59 Å². The van der Waals surface area contributed by atoms with Gasteiger partial charge in [-0.25, -0.2) is 0 Å². The van der Waals surface area contributed by atoms with Gasteiger partial charge >= 0.3 is 5.97 Å².